The molecule has 0 saturated carbocycles. The Balaban J connectivity index is 4.19. The Hall–Kier alpha value is -3.33. The van der Waals surface area contributed by atoms with E-state index in [4.69, 9.17) is 18.5 Å². The van der Waals surface area contributed by atoms with Crippen LogP contribution >= 0.6 is 7.82 Å². The highest BCUT2D eigenvalue weighted by Crippen LogP contribution is 2.38. The summed E-state index contributed by atoms with van der Waals surface area (Å²) in [5, 5.41) is 0. The second-order valence-corrected chi connectivity index (χ2v) is 23.8. The number of ether oxygens (including phenoxy) is 2. The van der Waals surface area contributed by atoms with E-state index < -0.39 is 26.5 Å². The molecule has 0 aliphatic heterocycles. The number of nitrogens with zero attached hydrogens (tertiary/aromatic N) is 1. The summed E-state index contributed by atoms with van der Waals surface area (Å²) in [5.74, 6) is -0.853. The molecule has 0 aromatic heterocycles. The number of unbranched alkanes of at least 4 members (excludes halogenated alkanes) is 26. The molecule has 2 atom stereocenters. The van der Waals surface area contributed by atoms with Crippen LogP contribution in [0.25, 0.3) is 0 Å². The molecule has 0 aromatic carbocycles. The molecule has 0 N–H and O–H groups in total. The minimum atomic E-state index is -4.65. The number of hydrogen-bond acceptors (Lipinski definition) is 8. The normalized spacial score (nSPS) is 13.9. The van der Waals surface area contributed by atoms with Crippen LogP contribution in [0.1, 0.15) is 264 Å². The van der Waals surface area contributed by atoms with E-state index in [0.29, 0.717) is 17.4 Å². The molecule has 2 unspecified atom stereocenters. The van der Waals surface area contributed by atoms with E-state index in [1.807, 2.05) is 21.1 Å². The molecule has 10 heteroatoms. The molecule has 0 amide bonds. The minimum absolute atomic E-state index is 0.0391. The summed E-state index contributed by atoms with van der Waals surface area (Å²) in [7, 11) is 1.15. The van der Waals surface area contributed by atoms with Gasteiger partial charge in [0.2, 0.25) is 0 Å². The van der Waals surface area contributed by atoms with Crippen molar-refractivity contribution in [2.45, 2.75) is 270 Å². The van der Waals surface area contributed by atoms with Gasteiger partial charge in [-0.1, -0.05) is 277 Å². The monoisotopic (exact) mass is 1120 g/mol. The SMILES string of the molecule is CC/C=C\C/C=C\C/C=C\C/C=C\C/C=C\C/C=C\C/C=C\C/C=C\C/C=C\CCCCCCCC(=O)OC(COC(=O)CCCCCCCCCCCCCCCCCCCCCCCC)COP(=O)([O-])OCC[N+](C)(C)C. The van der Waals surface area contributed by atoms with Gasteiger partial charge in [0, 0.05) is 12.8 Å². The van der Waals surface area contributed by atoms with Gasteiger partial charge in [0.15, 0.2) is 6.10 Å². The van der Waals surface area contributed by atoms with Crippen LogP contribution in [0.15, 0.2) is 109 Å². The van der Waals surface area contributed by atoms with E-state index >= 15 is 0 Å². The second-order valence-electron chi connectivity index (χ2n) is 22.4. The maximum Gasteiger partial charge on any atom is 0.306 e. The Morgan fingerprint density at radius 3 is 1.08 bits per heavy atom. The number of allylic oxidation sites excluding steroid dienone is 18. The number of esters is 2. The zero-order chi connectivity index (χ0) is 57.7. The third-order valence-electron chi connectivity index (χ3n) is 13.6. The summed E-state index contributed by atoms with van der Waals surface area (Å²) in [6, 6.07) is 0. The maximum atomic E-state index is 12.8. The van der Waals surface area contributed by atoms with Crippen LogP contribution in [0.4, 0.5) is 0 Å². The van der Waals surface area contributed by atoms with Gasteiger partial charge in [-0.05, 0) is 83.5 Å². The zero-order valence-corrected chi connectivity index (χ0v) is 52.4. The molecule has 0 aliphatic carbocycles. The van der Waals surface area contributed by atoms with Crippen molar-refractivity contribution in [3.8, 4) is 0 Å². The van der Waals surface area contributed by atoms with Crippen LogP contribution < -0.4 is 4.89 Å². The molecule has 0 rings (SSSR count). The smallest absolute Gasteiger partial charge is 0.306 e. The predicted octanol–water partition coefficient (Wildman–Crippen LogP) is 19.9. The molecule has 0 fully saturated rings. The number of rotatable bonds is 58. The lowest BCUT2D eigenvalue weighted by Crippen LogP contribution is -2.37. The predicted molar refractivity (Wildman–Crippen MR) is 337 cm³/mol. The number of phosphoric ester groups is 1. The maximum absolute atomic E-state index is 12.8. The Kier molecular flexibility index (Phi) is 56.8. The summed E-state index contributed by atoms with van der Waals surface area (Å²) in [6.07, 6.45) is 82.9. The summed E-state index contributed by atoms with van der Waals surface area (Å²) < 4.78 is 34.2. The van der Waals surface area contributed by atoms with Gasteiger partial charge < -0.3 is 27.9 Å². The van der Waals surface area contributed by atoms with E-state index in [-0.39, 0.29) is 32.0 Å². The fourth-order valence-electron chi connectivity index (χ4n) is 8.65. The minimum Gasteiger partial charge on any atom is -0.756 e. The first kappa shape index (κ1) is 75.7. The highest BCUT2D eigenvalue weighted by Gasteiger charge is 2.22. The fraction of sp³-hybridized carbons (Fsp3) is 0.710. The summed E-state index contributed by atoms with van der Waals surface area (Å²) in [4.78, 5) is 38.0. The third-order valence-corrected chi connectivity index (χ3v) is 14.5. The highest BCUT2D eigenvalue weighted by molar-refractivity contribution is 7.45. The molecule has 0 bridgehead atoms. The van der Waals surface area contributed by atoms with E-state index in [0.717, 1.165) is 109 Å². The van der Waals surface area contributed by atoms with Crippen molar-refractivity contribution in [3.05, 3.63) is 109 Å². The van der Waals surface area contributed by atoms with E-state index in [1.165, 1.54) is 122 Å². The number of carbonyl (C=O) groups excluding carboxylic acids is 2. The van der Waals surface area contributed by atoms with Gasteiger partial charge in [-0.2, -0.15) is 0 Å². The largest absolute Gasteiger partial charge is 0.756 e. The van der Waals surface area contributed by atoms with Crippen molar-refractivity contribution >= 4 is 19.8 Å². The zero-order valence-electron chi connectivity index (χ0n) is 51.5. The van der Waals surface area contributed by atoms with Gasteiger partial charge in [0.05, 0.1) is 27.7 Å². The molecule has 0 radical (unpaired) electrons. The van der Waals surface area contributed by atoms with Crippen molar-refractivity contribution in [1.29, 1.82) is 0 Å². The Morgan fingerprint density at radius 1 is 0.405 bits per heavy atom. The Bertz CT molecular complexity index is 1700. The summed E-state index contributed by atoms with van der Waals surface area (Å²) in [5.41, 5.74) is 0. The lowest BCUT2D eigenvalue weighted by Gasteiger charge is -2.28. The molecule has 79 heavy (non-hydrogen) atoms. The fourth-order valence-corrected chi connectivity index (χ4v) is 9.38. The standard InChI is InChI=1S/C69H120NO8P/c1-6-8-10-12-14-16-18-20-22-24-26-28-30-31-32-33-34-35-36-37-38-39-40-42-44-46-48-50-52-54-56-58-60-62-69(72)78-67(66-77-79(73,74)76-64-63-70(3,4)5)65-75-68(71)61-59-57-55-53-51-49-47-45-43-41-29-27-25-23-21-19-17-15-13-11-9-7-2/h8,10,14,16,20,22,26,28,31-32,34-35,37-38,40,42,46,48,67H,6-7,9,11-13,15,17-19,21,23-25,27,29-30,33,36,39,41,43-45,47,49-66H2,1-5H3/b10-8-,16-14-,22-20-,28-26-,32-31-,35-34-,38-37-,42-40-,48-46-. The molecular formula is C69H120NO8P. The molecule has 0 saturated heterocycles. The number of quaternary nitrogens is 1. The average Bonchev–Trinajstić information content (AvgIpc) is 3.41. The average molecular weight is 1120 g/mol. The summed E-state index contributed by atoms with van der Waals surface area (Å²) >= 11 is 0. The van der Waals surface area contributed by atoms with Crippen molar-refractivity contribution in [1.82, 2.24) is 0 Å². The molecular weight excluding hydrogens is 1000 g/mol. The van der Waals surface area contributed by atoms with Crippen LogP contribution in [0.3, 0.4) is 0 Å². The third kappa shape index (κ3) is 63.7. The number of hydrogen-bond donors (Lipinski definition) is 0. The van der Waals surface area contributed by atoms with Gasteiger partial charge >= 0.3 is 11.9 Å². The summed E-state index contributed by atoms with van der Waals surface area (Å²) in [6.45, 7) is 4.12. The van der Waals surface area contributed by atoms with Crippen molar-refractivity contribution in [3.63, 3.8) is 0 Å². The van der Waals surface area contributed by atoms with Gasteiger partial charge in [-0.15, -0.1) is 0 Å². The van der Waals surface area contributed by atoms with Gasteiger partial charge in [-0.3, -0.25) is 14.2 Å². The van der Waals surface area contributed by atoms with Crippen LogP contribution in [0.5, 0.6) is 0 Å². The van der Waals surface area contributed by atoms with Crippen LogP contribution in [0.2, 0.25) is 0 Å². The Labute approximate surface area is 486 Å². The molecule has 454 valence electrons. The quantitative estimate of drug-likeness (QED) is 0.0195. The van der Waals surface area contributed by atoms with Gasteiger partial charge in [0.25, 0.3) is 7.82 Å². The second kappa shape index (κ2) is 59.3. The lowest BCUT2D eigenvalue weighted by molar-refractivity contribution is -0.870. The van der Waals surface area contributed by atoms with Crippen LogP contribution in [-0.4, -0.2) is 70.0 Å². The van der Waals surface area contributed by atoms with Crippen LogP contribution in [0, 0.1) is 0 Å². The van der Waals surface area contributed by atoms with E-state index in [9.17, 15) is 19.0 Å². The van der Waals surface area contributed by atoms with Crippen molar-refractivity contribution in [2.75, 3.05) is 47.5 Å². The van der Waals surface area contributed by atoms with Gasteiger partial charge in [-0.25, -0.2) is 0 Å². The van der Waals surface area contributed by atoms with Gasteiger partial charge in [0.1, 0.15) is 19.8 Å². The first-order valence-corrected chi connectivity index (χ1v) is 33.6. The van der Waals surface area contributed by atoms with Crippen LogP contribution in [-0.2, 0) is 32.7 Å². The molecule has 0 aromatic rings. The number of likely N-dealkylation sites (N-methyl/N-ethyl adjacent to an activating group) is 1. The highest BCUT2D eigenvalue weighted by atomic mass is 31.2. The molecule has 9 nitrogen and oxygen atoms in total. The van der Waals surface area contributed by atoms with Crippen molar-refractivity contribution in [2.24, 2.45) is 0 Å². The molecule has 0 heterocycles. The van der Waals surface area contributed by atoms with Crippen molar-refractivity contribution < 1.29 is 42.1 Å². The first-order chi connectivity index (χ1) is 38.5. The number of carbonyl (C=O) groups is 2. The Morgan fingerprint density at radius 2 is 0.722 bits per heavy atom. The van der Waals surface area contributed by atoms with E-state index in [1.54, 1.807) is 0 Å². The number of phosphoric acid groups is 1. The molecule has 0 aliphatic rings. The first-order valence-electron chi connectivity index (χ1n) is 32.1. The topological polar surface area (TPSA) is 111 Å². The molecule has 0 spiro atoms. The lowest BCUT2D eigenvalue weighted by atomic mass is 10.0. The van der Waals surface area contributed by atoms with E-state index in [2.05, 4.69) is 123 Å².